The SMILES string of the molecule is CCc1[c-]cc(NC(=O)C2CC(C)(O)C2)cc1.[Y]. The maximum atomic E-state index is 11.8. The van der Waals surface area contributed by atoms with E-state index in [0.29, 0.717) is 12.8 Å². The van der Waals surface area contributed by atoms with Crippen molar-refractivity contribution in [3.05, 3.63) is 29.8 Å². The third-order valence-corrected chi connectivity index (χ3v) is 3.27. The van der Waals surface area contributed by atoms with Crippen molar-refractivity contribution in [1.29, 1.82) is 0 Å². The number of anilines is 1. The van der Waals surface area contributed by atoms with Crippen molar-refractivity contribution in [2.75, 3.05) is 5.32 Å². The molecule has 0 heterocycles. The Kier molecular flexibility index (Phi) is 5.51. The fraction of sp³-hybridized carbons (Fsp3) is 0.500. The van der Waals surface area contributed by atoms with Gasteiger partial charge < -0.3 is 10.4 Å². The first-order valence-electron chi connectivity index (χ1n) is 6.04. The number of benzene rings is 1. The van der Waals surface area contributed by atoms with Crippen molar-refractivity contribution in [2.45, 2.75) is 38.7 Å². The van der Waals surface area contributed by atoms with Gasteiger partial charge in [-0.2, -0.15) is 23.8 Å². The van der Waals surface area contributed by atoms with Crippen molar-refractivity contribution in [2.24, 2.45) is 5.92 Å². The fourth-order valence-corrected chi connectivity index (χ4v) is 2.19. The average Bonchev–Trinajstić information content (AvgIpc) is 2.26. The Labute approximate surface area is 133 Å². The van der Waals surface area contributed by atoms with Gasteiger partial charge in [-0.15, -0.1) is 6.07 Å². The molecule has 0 aromatic heterocycles. The molecule has 0 unspecified atom stereocenters. The van der Waals surface area contributed by atoms with Crippen LogP contribution in [-0.2, 0) is 43.9 Å². The number of rotatable bonds is 3. The van der Waals surface area contributed by atoms with Crippen LogP contribution in [0.15, 0.2) is 18.2 Å². The van der Waals surface area contributed by atoms with Crippen LogP contribution in [0.4, 0.5) is 5.69 Å². The van der Waals surface area contributed by atoms with E-state index in [9.17, 15) is 9.90 Å². The summed E-state index contributed by atoms with van der Waals surface area (Å²) in [6.45, 7) is 3.83. The maximum absolute atomic E-state index is 11.8. The Morgan fingerprint density at radius 2 is 2.22 bits per heavy atom. The smallest absolute Gasteiger partial charge is 0.216 e. The second-order valence-corrected chi connectivity index (χ2v) is 5.05. The van der Waals surface area contributed by atoms with Crippen LogP contribution < -0.4 is 5.32 Å². The standard InChI is InChI=1S/C14H18NO2.Y/c1-3-10-4-6-12(7-5-10)15-13(16)11-8-14(2,17)9-11;/h4,6-7,11,17H,3,8-9H2,1-2H3,(H,15,16);/q-1;. The van der Waals surface area contributed by atoms with Crippen LogP contribution in [0.3, 0.4) is 0 Å². The van der Waals surface area contributed by atoms with E-state index in [1.54, 1.807) is 13.0 Å². The first-order valence-corrected chi connectivity index (χ1v) is 6.04. The van der Waals surface area contributed by atoms with E-state index >= 15 is 0 Å². The first kappa shape index (κ1) is 15.8. The minimum atomic E-state index is -0.653. The van der Waals surface area contributed by atoms with Crippen LogP contribution in [0.1, 0.15) is 32.3 Å². The molecule has 0 bridgehead atoms. The number of hydrogen-bond acceptors (Lipinski definition) is 2. The summed E-state index contributed by atoms with van der Waals surface area (Å²) in [6.07, 6.45) is 2.05. The van der Waals surface area contributed by atoms with Gasteiger partial charge in [0.15, 0.2) is 0 Å². The second-order valence-electron chi connectivity index (χ2n) is 5.05. The average molecular weight is 321 g/mol. The van der Waals surface area contributed by atoms with E-state index < -0.39 is 5.60 Å². The zero-order chi connectivity index (χ0) is 12.5. The van der Waals surface area contributed by atoms with E-state index in [4.69, 9.17) is 0 Å². The number of aryl methyl sites for hydroxylation is 1. The molecule has 18 heavy (non-hydrogen) atoms. The van der Waals surface area contributed by atoms with Crippen LogP contribution >= 0.6 is 0 Å². The quantitative estimate of drug-likeness (QED) is 0.838. The van der Waals surface area contributed by atoms with Gasteiger partial charge in [0.05, 0.1) is 5.60 Å². The van der Waals surface area contributed by atoms with Crippen molar-refractivity contribution in [3.63, 3.8) is 0 Å². The normalized spacial score (nSPS) is 25.8. The third kappa shape index (κ3) is 3.87. The van der Waals surface area contributed by atoms with Gasteiger partial charge in [0.1, 0.15) is 0 Å². The molecule has 1 fully saturated rings. The summed E-state index contributed by atoms with van der Waals surface area (Å²) >= 11 is 0. The monoisotopic (exact) mass is 321 g/mol. The third-order valence-electron chi connectivity index (χ3n) is 3.27. The number of hydrogen-bond donors (Lipinski definition) is 2. The van der Waals surface area contributed by atoms with Gasteiger partial charge in [-0.25, -0.2) is 0 Å². The molecule has 1 aromatic carbocycles. The molecule has 1 aromatic rings. The predicted molar refractivity (Wildman–Crippen MR) is 66.6 cm³/mol. The van der Waals surface area contributed by atoms with Gasteiger partial charge in [-0.3, -0.25) is 4.79 Å². The van der Waals surface area contributed by atoms with Crippen molar-refractivity contribution < 1.29 is 42.6 Å². The Hall–Kier alpha value is -0.246. The number of aliphatic hydroxyl groups is 1. The Morgan fingerprint density at radius 1 is 1.56 bits per heavy atom. The van der Waals surface area contributed by atoms with Gasteiger partial charge in [0.25, 0.3) is 0 Å². The van der Waals surface area contributed by atoms with Crippen LogP contribution in [0.2, 0.25) is 0 Å². The molecule has 4 heteroatoms. The number of carbonyl (C=O) groups is 1. The van der Waals surface area contributed by atoms with Gasteiger partial charge in [0.2, 0.25) is 5.91 Å². The van der Waals surface area contributed by atoms with Crippen LogP contribution in [0.25, 0.3) is 0 Å². The molecular weight excluding hydrogens is 303 g/mol. The predicted octanol–water partition coefficient (Wildman–Crippen LogP) is 2.15. The van der Waals surface area contributed by atoms with E-state index in [2.05, 4.69) is 18.3 Å². The Balaban J connectivity index is 0.00000162. The number of carbonyl (C=O) groups excluding carboxylic acids is 1. The molecule has 1 saturated carbocycles. The van der Waals surface area contributed by atoms with E-state index in [-0.39, 0.29) is 44.5 Å². The molecule has 2 rings (SSSR count). The summed E-state index contributed by atoms with van der Waals surface area (Å²) in [4.78, 5) is 11.8. The van der Waals surface area contributed by atoms with E-state index in [0.717, 1.165) is 17.7 Å². The van der Waals surface area contributed by atoms with Crippen LogP contribution in [0.5, 0.6) is 0 Å². The zero-order valence-corrected chi connectivity index (χ0v) is 13.7. The first-order chi connectivity index (χ1) is 8.00. The fourth-order valence-electron chi connectivity index (χ4n) is 2.19. The van der Waals surface area contributed by atoms with Gasteiger partial charge in [0, 0.05) is 38.6 Å². The molecule has 1 aliphatic carbocycles. The minimum absolute atomic E-state index is 0. The molecule has 95 valence electrons. The largest absolute Gasteiger partial charge is 0.390 e. The molecule has 0 aliphatic heterocycles. The molecule has 0 atom stereocenters. The van der Waals surface area contributed by atoms with Crippen molar-refractivity contribution >= 4 is 11.6 Å². The van der Waals surface area contributed by atoms with Crippen LogP contribution in [-0.4, -0.2) is 16.6 Å². The van der Waals surface area contributed by atoms with Crippen LogP contribution in [0, 0.1) is 12.0 Å². The van der Waals surface area contributed by atoms with Gasteiger partial charge >= 0.3 is 0 Å². The summed E-state index contributed by atoms with van der Waals surface area (Å²) in [5, 5.41) is 12.4. The molecule has 1 amide bonds. The molecular formula is C14H18NO2Y-. The molecule has 2 N–H and O–H groups in total. The van der Waals surface area contributed by atoms with Gasteiger partial charge in [-0.1, -0.05) is 19.0 Å². The summed E-state index contributed by atoms with van der Waals surface area (Å²) in [6, 6.07) is 8.78. The summed E-state index contributed by atoms with van der Waals surface area (Å²) in [5.74, 6) is -0.0648. The van der Waals surface area contributed by atoms with Gasteiger partial charge in [-0.05, 0) is 19.8 Å². The summed E-state index contributed by atoms with van der Waals surface area (Å²) in [7, 11) is 0. The summed E-state index contributed by atoms with van der Waals surface area (Å²) < 4.78 is 0. The minimum Gasteiger partial charge on any atom is -0.390 e. The molecule has 3 nitrogen and oxygen atoms in total. The Bertz CT molecular complexity index is 406. The number of amides is 1. The topological polar surface area (TPSA) is 49.3 Å². The zero-order valence-electron chi connectivity index (χ0n) is 10.9. The second kappa shape index (κ2) is 6.27. The van der Waals surface area contributed by atoms with E-state index in [1.165, 1.54) is 0 Å². The molecule has 0 saturated heterocycles. The summed E-state index contributed by atoms with van der Waals surface area (Å²) in [5.41, 5.74) is 1.26. The van der Waals surface area contributed by atoms with E-state index in [1.807, 2.05) is 12.1 Å². The van der Waals surface area contributed by atoms with Crippen molar-refractivity contribution in [1.82, 2.24) is 0 Å². The molecule has 0 spiro atoms. The Morgan fingerprint density at radius 3 is 2.67 bits per heavy atom. The van der Waals surface area contributed by atoms with Crippen molar-refractivity contribution in [3.8, 4) is 0 Å². The maximum Gasteiger partial charge on any atom is 0.216 e. The molecule has 1 radical (unpaired) electrons. The number of nitrogens with one attached hydrogen (secondary N) is 1. The molecule has 1 aliphatic rings.